The highest BCUT2D eigenvalue weighted by Gasteiger charge is 2.29. The van der Waals surface area contributed by atoms with Gasteiger partial charge in [0.2, 0.25) is 5.91 Å². The van der Waals surface area contributed by atoms with Crippen LogP contribution < -0.4 is 4.90 Å². The molecule has 1 heterocycles. The highest BCUT2D eigenvalue weighted by Crippen LogP contribution is 2.26. The first-order valence-electron chi connectivity index (χ1n) is 7.89. The van der Waals surface area contributed by atoms with Gasteiger partial charge in [0.05, 0.1) is 5.33 Å². The van der Waals surface area contributed by atoms with E-state index in [1.807, 2.05) is 32.0 Å². The second-order valence-corrected chi connectivity index (χ2v) is 6.30. The van der Waals surface area contributed by atoms with E-state index in [9.17, 15) is 14.4 Å². The molecule has 0 bridgehead atoms. The fourth-order valence-corrected chi connectivity index (χ4v) is 3.18. The summed E-state index contributed by atoms with van der Waals surface area (Å²) in [4.78, 5) is 39.2. The van der Waals surface area contributed by atoms with Gasteiger partial charge in [0.15, 0.2) is 0 Å². The summed E-state index contributed by atoms with van der Waals surface area (Å²) in [7, 11) is 0. The van der Waals surface area contributed by atoms with E-state index >= 15 is 0 Å². The summed E-state index contributed by atoms with van der Waals surface area (Å²) in [5.74, 6) is -0.696. The molecule has 0 saturated carbocycles. The van der Waals surface area contributed by atoms with Gasteiger partial charge in [0.25, 0.3) is 11.8 Å². The molecular formula is C18H21BrN2O3. The quantitative estimate of drug-likeness (QED) is 0.552. The molecule has 0 N–H and O–H groups in total. The van der Waals surface area contributed by atoms with Gasteiger partial charge in [-0.15, -0.1) is 0 Å². The van der Waals surface area contributed by atoms with Crippen molar-refractivity contribution >= 4 is 39.3 Å². The smallest absolute Gasteiger partial charge is 0.256 e. The van der Waals surface area contributed by atoms with Crippen molar-refractivity contribution < 1.29 is 14.4 Å². The Hall–Kier alpha value is -1.95. The third kappa shape index (κ3) is 3.59. The number of amides is 3. The predicted octanol–water partition coefficient (Wildman–Crippen LogP) is 2.60. The molecule has 1 aromatic carbocycles. The van der Waals surface area contributed by atoms with Gasteiger partial charge >= 0.3 is 0 Å². The lowest BCUT2D eigenvalue weighted by Crippen LogP contribution is -2.42. The molecule has 2 rings (SSSR count). The highest BCUT2D eigenvalue weighted by molar-refractivity contribution is 9.09. The van der Waals surface area contributed by atoms with Gasteiger partial charge in [-0.3, -0.25) is 19.3 Å². The molecule has 3 amide bonds. The Morgan fingerprint density at radius 3 is 2.50 bits per heavy atom. The zero-order chi connectivity index (χ0) is 17.9. The fourth-order valence-electron chi connectivity index (χ4n) is 2.87. The van der Waals surface area contributed by atoms with Crippen LogP contribution in [0, 0.1) is 6.92 Å². The number of rotatable bonds is 6. The van der Waals surface area contributed by atoms with Crippen molar-refractivity contribution in [2.24, 2.45) is 0 Å². The number of hydrogen-bond donors (Lipinski definition) is 0. The van der Waals surface area contributed by atoms with Crippen molar-refractivity contribution in [1.29, 1.82) is 0 Å². The number of aryl methyl sites for hydroxylation is 2. The third-order valence-electron chi connectivity index (χ3n) is 4.12. The number of carbonyl (C=O) groups is 3. The maximum atomic E-state index is 12.4. The van der Waals surface area contributed by atoms with Crippen LogP contribution in [0.2, 0.25) is 0 Å². The van der Waals surface area contributed by atoms with E-state index in [1.54, 1.807) is 11.8 Å². The molecule has 0 spiro atoms. The van der Waals surface area contributed by atoms with Crippen LogP contribution in [0.25, 0.3) is 0 Å². The largest absolute Gasteiger partial charge is 0.309 e. The normalized spacial score (nSPS) is 14.2. The molecule has 5 nitrogen and oxygen atoms in total. The Balaban J connectivity index is 2.27. The molecule has 1 aliphatic heterocycles. The molecule has 0 aliphatic carbocycles. The number of nitrogens with zero attached hydrogens (tertiary/aromatic N) is 2. The first-order chi connectivity index (χ1) is 11.4. The Morgan fingerprint density at radius 1 is 1.25 bits per heavy atom. The second kappa shape index (κ2) is 7.75. The Labute approximate surface area is 150 Å². The van der Waals surface area contributed by atoms with Crippen LogP contribution in [0.3, 0.4) is 0 Å². The lowest BCUT2D eigenvalue weighted by molar-refractivity contribution is -0.137. The van der Waals surface area contributed by atoms with E-state index in [-0.39, 0.29) is 36.1 Å². The summed E-state index contributed by atoms with van der Waals surface area (Å²) >= 11 is 3.22. The number of halogens is 1. The average molecular weight is 393 g/mol. The Morgan fingerprint density at radius 2 is 1.96 bits per heavy atom. The van der Waals surface area contributed by atoms with Gasteiger partial charge in [-0.25, -0.2) is 0 Å². The zero-order valence-corrected chi connectivity index (χ0v) is 15.7. The second-order valence-electron chi connectivity index (χ2n) is 5.74. The topological polar surface area (TPSA) is 57.7 Å². The van der Waals surface area contributed by atoms with E-state index in [0.29, 0.717) is 5.57 Å². The number of hydrogen-bond acceptors (Lipinski definition) is 3. The molecular weight excluding hydrogens is 372 g/mol. The third-order valence-corrected chi connectivity index (χ3v) is 4.60. The van der Waals surface area contributed by atoms with E-state index in [2.05, 4.69) is 15.9 Å². The van der Waals surface area contributed by atoms with Crippen molar-refractivity contribution in [3.8, 4) is 0 Å². The summed E-state index contributed by atoms with van der Waals surface area (Å²) in [5.41, 5.74) is 3.37. The molecule has 128 valence electrons. The van der Waals surface area contributed by atoms with Crippen LogP contribution in [0.5, 0.6) is 0 Å². The Kier molecular flexibility index (Phi) is 5.94. The van der Waals surface area contributed by atoms with Gasteiger partial charge < -0.3 is 4.90 Å². The molecule has 1 aliphatic rings. The molecule has 6 heteroatoms. The first-order valence-corrected chi connectivity index (χ1v) is 9.01. The predicted molar refractivity (Wildman–Crippen MR) is 97.2 cm³/mol. The van der Waals surface area contributed by atoms with Crippen molar-refractivity contribution in [3.63, 3.8) is 0 Å². The number of para-hydroxylation sites is 1. The molecule has 0 saturated heterocycles. The molecule has 0 fully saturated rings. The van der Waals surface area contributed by atoms with E-state index < -0.39 is 0 Å². The molecule has 0 atom stereocenters. The summed E-state index contributed by atoms with van der Waals surface area (Å²) in [6.07, 6.45) is 2.13. The number of anilines is 1. The zero-order valence-electron chi connectivity index (χ0n) is 14.1. The maximum Gasteiger partial charge on any atom is 0.256 e. The van der Waals surface area contributed by atoms with Crippen molar-refractivity contribution in [1.82, 2.24) is 4.90 Å². The van der Waals surface area contributed by atoms with Crippen LogP contribution >= 0.6 is 15.9 Å². The minimum absolute atomic E-state index is 0.0947. The van der Waals surface area contributed by atoms with E-state index in [0.717, 1.165) is 23.2 Å². The van der Waals surface area contributed by atoms with E-state index in [4.69, 9.17) is 0 Å². The average Bonchev–Trinajstić information content (AvgIpc) is 2.81. The van der Waals surface area contributed by atoms with Gasteiger partial charge in [-0.05, 0) is 31.4 Å². The lowest BCUT2D eigenvalue weighted by Gasteiger charge is -2.28. The van der Waals surface area contributed by atoms with Crippen LogP contribution in [-0.2, 0) is 20.8 Å². The molecule has 0 radical (unpaired) electrons. The van der Waals surface area contributed by atoms with Crippen LogP contribution in [-0.4, -0.2) is 41.0 Å². The first kappa shape index (κ1) is 18.4. The summed E-state index contributed by atoms with van der Waals surface area (Å²) < 4.78 is 0. The van der Waals surface area contributed by atoms with Crippen LogP contribution in [0.4, 0.5) is 5.69 Å². The number of imide groups is 1. The summed E-state index contributed by atoms with van der Waals surface area (Å²) in [6.45, 7) is 6.08. The monoisotopic (exact) mass is 392 g/mol. The molecule has 1 aromatic rings. The highest BCUT2D eigenvalue weighted by atomic mass is 79.9. The minimum atomic E-state index is -0.316. The summed E-state index contributed by atoms with van der Waals surface area (Å²) in [5, 5.41) is 0.184. The number of carbonyl (C=O) groups excluding carboxylic acids is 3. The van der Waals surface area contributed by atoms with Gasteiger partial charge in [-0.1, -0.05) is 41.1 Å². The lowest BCUT2D eigenvalue weighted by atomic mass is 10.0. The van der Waals surface area contributed by atoms with Gasteiger partial charge in [0.1, 0.15) is 0 Å². The summed E-state index contributed by atoms with van der Waals surface area (Å²) in [6, 6.07) is 5.92. The SMILES string of the molecule is CCc1cccc(C)c1N(CCN1C(=O)C=C(C)C1=O)C(=O)CBr. The van der Waals surface area contributed by atoms with Gasteiger partial charge in [-0.2, -0.15) is 0 Å². The van der Waals surface area contributed by atoms with Crippen LogP contribution in [0.1, 0.15) is 25.0 Å². The molecule has 0 aromatic heterocycles. The fraction of sp³-hybridized carbons (Fsp3) is 0.389. The molecule has 24 heavy (non-hydrogen) atoms. The van der Waals surface area contributed by atoms with Gasteiger partial charge in [0, 0.05) is 30.4 Å². The Bertz CT molecular complexity index is 712. The van der Waals surface area contributed by atoms with Crippen molar-refractivity contribution in [2.75, 3.05) is 23.3 Å². The van der Waals surface area contributed by atoms with Crippen LogP contribution in [0.15, 0.2) is 29.8 Å². The minimum Gasteiger partial charge on any atom is -0.309 e. The van der Waals surface area contributed by atoms with Crippen molar-refractivity contribution in [2.45, 2.75) is 27.2 Å². The van der Waals surface area contributed by atoms with E-state index in [1.165, 1.54) is 11.0 Å². The maximum absolute atomic E-state index is 12.4. The standard InChI is InChI=1S/C18H21BrN2O3/c1-4-14-7-5-6-12(2)17(14)20(16(23)11-19)8-9-21-15(22)10-13(3)18(21)24/h5-7,10H,4,8-9,11H2,1-3H3. The van der Waals surface area contributed by atoms with Crippen molar-refractivity contribution in [3.05, 3.63) is 41.0 Å². The number of alkyl halides is 1. The molecule has 0 unspecified atom stereocenters. The number of benzene rings is 1.